The van der Waals surface area contributed by atoms with E-state index in [-0.39, 0.29) is 12.0 Å². The normalized spacial score (nSPS) is 14.2. The molecule has 0 aliphatic rings. The van der Waals surface area contributed by atoms with Crippen molar-refractivity contribution in [2.45, 2.75) is 46.1 Å². The predicted octanol–water partition coefficient (Wildman–Crippen LogP) is 1.80. The van der Waals surface area contributed by atoms with Crippen molar-refractivity contribution < 1.29 is 9.84 Å². The van der Waals surface area contributed by atoms with Gasteiger partial charge in [0.25, 0.3) is 0 Å². The summed E-state index contributed by atoms with van der Waals surface area (Å²) in [4.78, 5) is 0. The molecule has 2 N–H and O–H groups in total. The number of hydrogen-bond acceptors (Lipinski definition) is 3. The van der Waals surface area contributed by atoms with Gasteiger partial charge < -0.3 is 15.2 Å². The number of aliphatic hydroxyl groups excluding tert-OH is 1. The molecule has 0 aromatic rings. The smallest absolute Gasteiger partial charge is 0.0482 e. The topological polar surface area (TPSA) is 41.5 Å². The first-order chi connectivity index (χ1) is 7.02. The lowest BCUT2D eigenvalue weighted by molar-refractivity contribution is 0.147. The molecule has 0 saturated carbocycles. The molecule has 0 bridgehead atoms. The number of methoxy groups -OCH3 is 1. The number of aliphatic hydroxyl groups is 1. The van der Waals surface area contributed by atoms with Crippen molar-refractivity contribution in [1.82, 2.24) is 5.32 Å². The van der Waals surface area contributed by atoms with E-state index in [1.165, 1.54) is 0 Å². The maximum absolute atomic E-state index is 9.08. The van der Waals surface area contributed by atoms with Crippen LogP contribution in [0.15, 0.2) is 0 Å². The van der Waals surface area contributed by atoms with Crippen LogP contribution in [0.1, 0.15) is 40.0 Å². The van der Waals surface area contributed by atoms with Crippen LogP contribution < -0.4 is 5.32 Å². The van der Waals surface area contributed by atoms with Gasteiger partial charge in [-0.25, -0.2) is 0 Å². The summed E-state index contributed by atoms with van der Waals surface area (Å²) in [5.74, 6) is 0. The molecule has 0 rings (SSSR count). The van der Waals surface area contributed by atoms with Gasteiger partial charge in [0, 0.05) is 26.4 Å². The zero-order valence-electron chi connectivity index (χ0n) is 10.7. The highest BCUT2D eigenvalue weighted by molar-refractivity contribution is 4.68. The maximum atomic E-state index is 9.08. The minimum Gasteiger partial charge on any atom is -0.396 e. The van der Waals surface area contributed by atoms with Crippen LogP contribution >= 0.6 is 0 Å². The molecule has 0 radical (unpaired) electrons. The van der Waals surface area contributed by atoms with Gasteiger partial charge in [-0.3, -0.25) is 0 Å². The highest BCUT2D eigenvalue weighted by Gasteiger charge is 2.15. The van der Waals surface area contributed by atoms with E-state index in [4.69, 9.17) is 9.84 Å². The summed E-state index contributed by atoms with van der Waals surface area (Å²) in [7, 11) is 1.73. The minimum absolute atomic E-state index is 0.0669. The first-order valence-electron chi connectivity index (χ1n) is 5.85. The highest BCUT2D eigenvalue weighted by Crippen LogP contribution is 2.20. The van der Waals surface area contributed by atoms with Crippen molar-refractivity contribution in [2.75, 3.05) is 26.9 Å². The van der Waals surface area contributed by atoms with Crippen molar-refractivity contribution in [3.05, 3.63) is 0 Å². The van der Waals surface area contributed by atoms with Crippen LogP contribution in [0.2, 0.25) is 0 Å². The monoisotopic (exact) mass is 217 g/mol. The van der Waals surface area contributed by atoms with E-state index in [9.17, 15) is 0 Å². The Bertz CT molecular complexity index is 149. The summed E-state index contributed by atoms with van der Waals surface area (Å²) in [6.07, 6.45) is 3.23. The van der Waals surface area contributed by atoms with Crippen molar-refractivity contribution in [1.29, 1.82) is 0 Å². The molecule has 0 saturated heterocycles. The number of nitrogens with one attached hydrogen (secondary N) is 1. The molecule has 0 heterocycles. The molecule has 3 heteroatoms. The molecule has 1 atom stereocenters. The Morgan fingerprint density at radius 1 is 1.40 bits per heavy atom. The zero-order valence-corrected chi connectivity index (χ0v) is 10.7. The molecule has 0 aromatic heterocycles. The van der Waals surface area contributed by atoms with Gasteiger partial charge in [-0.2, -0.15) is 0 Å². The molecular weight excluding hydrogens is 190 g/mol. The molecule has 0 fully saturated rings. The molecule has 0 spiro atoms. The second-order valence-electron chi connectivity index (χ2n) is 5.06. The van der Waals surface area contributed by atoms with Crippen LogP contribution in [-0.4, -0.2) is 38.0 Å². The Hall–Kier alpha value is -0.120. The van der Waals surface area contributed by atoms with Crippen LogP contribution in [0, 0.1) is 5.41 Å². The number of ether oxygens (including phenoxy) is 1. The van der Waals surface area contributed by atoms with E-state index < -0.39 is 0 Å². The van der Waals surface area contributed by atoms with Crippen LogP contribution in [0.3, 0.4) is 0 Å². The largest absolute Gasteiger partial charge is 0.396 e. The number of hydrogen-bond donors (Lipinski definition) is 2. The van der Waals surface area contributed by atoms with Crippen LogP contribution in [0.4, 0.5) is 0 Å². The summed E-state index contributed by atoms with van der Waals surface area (Å²) >= 11 is 0. The third-order valence-electron chi connectivity index (χ3n) is 2.71. The van der Waals surface area contributed by atoms with E-state index in [1.54, 1.807) is 7.11 Å². The summed E-state index contributed by atoms with van der Waals surface area (Å²) in [5.41, 5.74) is 0.0669. The van der Waals surface area contributed by atoms with Crippen molar-refractivity contribution in [2.24, 2.45) is 5.41 Å². The molecular formula is C12H27NO2. The van der Waals surface area contributed by atoms with Gasteiger partial charge in [-0.1, -0.05) is 13.8 Å². The lowest BCUT2D eigenvalue weighted by Gasteiger charge is -2.22. The van der Waals surface area contributed by atoms with Crippen molar-refractivity contribution in [3.63, 3.8) is 0 Å². The Morgan fingerprint density at radius 2 is 2.07 bits per heavy atom. The van der Waals surface area contributed by atoms with E-state index in [0.29, 0.717) is 6.04 Å². The fourth-order valence-corrected chi connectivity index (χ4v) is 1.39. The average Bonchev–Trinajstić information content (AvgIpc) is 2.21. The van der Waals surface area contributed by atoms with E-state index in [2.05, 4.69) is 26.1 Å². The van der Waals surface area contributed by atoms with Crippen LogP contribution in [-0.2, 0) is 4.74 Å². The van der Waals surface area contributed by atoms with Gasteiger partial charge in [0.05, 0.1) is 0 Å². The molecule has 92 valence electrons. The van der Waals surface area contributed by atoms with E-state index in [0.717, 1.165) is 32.4 Å². The quantitative estimate of drug-likeness (QED) is 0.579. The molecule has 0 amide bonds. The summed E-state index contributed by atoms with van der Waals surface area (Å²) in [6.45, 7) is 8.48. The fraction of sp³-hybridized carbons (Fsp3) is 1.00. The first kappa shape index (κ1) is 14.9. The van der Waals surface area contributed by atoms with Gasteiger partial charge in [-0.05, 0) is 38.1 Å². The SMILES string of the molecule is COCCC(C)NCCCC(C)(C)CO. The average molecular weight is 217 g/mol. The molecule has 0 aromatic carbocycles. The maximum Gasteiger partial charge on any atom is 0.0482 e. The number of rotatable bonds is 9. The summed E-state index contributed by atoms with van der Waals surface area (Å²) in [5, 5.41) is 12.5. The van der Waals surface area contributed by atoms with Gasteiger partial charge >= 0.3 is 0 Å². The van der Waals surface area contributed by atoms with Gasteiger partial charge in [-0.15, -0.1) is 0 Å². The Balaban J connectivity index is 3.37. The molecule has 1 unspecified atom stereocenters. The third kappa shape index (κ3) is 8.85. The molecule has 15 heavy (non-hydrogen) atoms. The Morgan fingerprint density at radius 3 is 2.60 bits per heavy atom. The standard InChI is InChI=1S/C12H27NO2/c1-11(6-9-15-4)13-8-5-7-12(2,3)10-14/h11,13-14H,5-10H2,1-4H3. The lowest BCUT2D eigenvalue weighted by Crippen LogP contribution is -2.29. The van der Waals surface area contributed by atoms with Crippen molar-refractivity contribution in [3.8, 4) is 0 Å². The highest BCUT2D eigenvalue weighted by atomic mass is 16.5. The molecule has 3 nitrogen and oxygen atoms in total. The van der Waals surface area contributed by atoms with Crippen LogP contribution in [0.5, 0.6) is 0 Å². The first-order valence-corrected chi connectivity index (χ1v) is 5.85. The molecule has 0 aliphatic heterocycles. The van der Waals surface area contributed by atoms with E-state index >= 15 is 0 Å². The zero-order chi connectivity index (χ0) is 11.7. The second kappa shape index (κ2) is 8.08. The summed E-state index contributed by atoms with van der Waals surface area (Å²) < 4.78 is 5.02. The van der Waals surface area contributed by atoms with Gasteiger partial charge in [0.15, 0.2) is 0 Å². The van der Waals surface area contributed by atoms with Crippen LogP contribution in [0.25, 0.3) is 0 Å². The summed E-state index contributed by atoms with van der Waals surface area (Å²) in [6, 6.07) is 0.516. The van der Waals surface area contributed by atoms with E-state index in [1.807, 2.05) is 0 Å². The fourth-order valence-electron chi connectivity index (χ4n) is 1.39. The third-order valence-corrected chi connectivity index (χ3v) is 2.71. The Labute approximate surface area is 94.2 Å². The minimum atomic E-state index is 0.0669. The Kier molecular flexibility index (Phi) is 8.02. The molecule has 0 aliphatic carbocycles. The van der Waals surface area contributed by atoms with Gasteiger partial charge in [0.1, 0.15) is 0 Å². The lowest BCUT2D eigenvalue weighted by atomic mass is 9.89. The van der Waals surface area contributed by atoms with Crippen molar-refractivity contribution >= 4 is 0 Å². The second-order valence-corrected chi connectivity index (χ2v) is 5.06. The predicted molar refractivity (Wildman–Crippen MR) is 64.1 cm³/mol. The van der Waals surface area contributed by atoms with Gasteiger partial charge in [0.2, 0.25) is 0 Å².